The Kier molecular flexibility index (Phi) is 6.84. The molecule has 2 unspecified atom stereocenters. The molecule has 70 valence electrons. The highest BCUT2D eigenvalue weighted by atomic mass is 16.5. The lowest BCUT2D eigenvalue weighted by Crippen LogP contribution is -2.34. The predicted molar refractivity (Wildman–Crippen MR) is 52.0 cm³/mol. The summed E-state index contributed by atoms with van der Waals surface area (Å²) in [7, 11) is 1.71. The van der Waals surface area contributed by atoms with Crippen LogP contribution >= 0.6 is 0 Å². The van der Waals surface area contributed by atoms with Gasteiger partial charge in [-0.05, 0) is 12.8 Å². The van der Waals surface area contributed by atoms with E-state index in [0.29, 0.717) is 12.0 Å². The van der Waals surface area contributed by atoms with Crippen LogP contribution in [0.3, 0.4) is 0 Å². The summed E-state index contributed by atoms with van der Waals surface area (Å²) in [4.78, 5) is 0. The van der Waals surface area contributed by atoms with Gasteiger partial charge in [-0.15, -0.1) is 12.3 Å². The average molecular weight is 169 g/mol. The number of terminal acetylenes is 1. The van der Waals surface area contributed by atoms with Gasteiger partial charge in [-0.3, -0.25) is 0 Å². The summed E-state index contributed by atoms with van der Waals surface area (Å²) in [6.45, 7) is 5.96. The second kappa shape index (κ2) is 7.15. The van der Waals surface area contributed by atoms with Crippen LogP contribution in [0.5, 0.6) is 0 Å². The number of hydrogen-bond acceptors (Lipinski definition) is 2. The molecule has 0 saturated carbocycles. The van der Waals surface area contributed by atoms with Gasteiger partial charge in [0, 0.05) is 26.1 Å². The van der Waals surface area contributed by atoms with Gasteiger partial charge in [0.25, 0.3) is 0 Å². The van der Waals surface area contributed by atoms with E-state index in [0.717, 1.165) is 19.6 Å². The number of rotatable bonds is 6. The Bertz CT molecular complexity index is 139. The van der Waals surface area contributed by atoms with Crippen LogP contribution in [-0.4, -0.2) is 26.3 Å². The Morgan fingerprint density at radius 1 is 1.50 bits per heavy atom. The molecule has 1 N–H and O–H groups in total. The van der Waals surface area contributed by atoms with Crippen LogP contribution in [0.1, 0.15) is 20.3 Å². The molecule has 0 amide bonds. The van der Waals surface area contributed by atoms with Crippen LogP contribution in [0.25, 0.3) is 0 Å². The van der Waals surface area contributed by atoms with E-state index in [1.807, 2.05) is 0 Å². The lowest BCUT2D eigenvalue weighted by Gasteiger charge is -2.18. The average Bonchev–Trinajstić information content (AvgIpc) is 2.05. The smallest absolute Gasteiger partial charge is 0.0587 e. The highest BCUT2D eigenvalue weighted by Gasteiger charge is 2.08. The van der Waals surface area contributed by atoms with Gasteiger partial charge in [-0.25, -0.2) is 0 Å². The molecule has 2 atom stereocenters. The minimum absolute atomic E-state index is 0.469. The lowest BCUT2D eigenvalue weighted by atomic mass is 10.0. The van der Waals surface area contributed by atoms with Crippen molar-refractivity contribution in [2.75, 3.05) is 20.3 Å². The van der Waals surface area contributed by atoms with Gasteiger partial charge in [0.2, 0.25) is 0 Å². The maximum absolute atomic E-state index is 5.22. The van der Waals surface area contributed by atoms with Gasteiger partial charge in [0.05, 0.1) is 6.61 Å². The van der Waals surface area contributed by atoms with Crippen LogP contribution in [0, 0.1) is 18.3 Å². The van der Waals surface area contributed by atoms with Crippen molar-refractivity contribution in [2.24, 2.45) is 5.92 Å². The molecule has 0 rings (SSSR count). The largest absolute Gasteiger partial charge is 0.383 e. The molecule has 0 aliphatic heterocycles. The van der Waals surface area contributed by atoms with Gasteiger partial charge in [-0.1, -0.05) is 6.92 Å². The quantitative estimate of drug-likeness (QED) is 0.477. The highest BCUT2D eigenvalue weighted by Crippen LogP contribution is 2.05. The molecule has 0 bridgehead atoms. The third-order valence-electron chi connectivity index (χ3n) is 2.07. The van der Waals surface area contributed by atoms with E-state index in [1.54, 1.807) is 7.11 Å². The van der Waals surface area contributed by atoms with Gasteiger partial charge in [-0.2, -0.15) is 0 Å². The van der Waals surface area contributed by atoms with E-state index in [4.69, 9.17) is 11.2 Å². The zero-order valence-corrected chi connectivity index (χ0v) is 8.26. The molecular formula is C10H19NO. The number of hydrogen-bond donors (Lipinski definition) is 1. The minimum atomic E-state index is 0.469. The SMILES string of the molecule is C#CCC(C)C(C)NCCOC. The molecule has 2 heteroatoms. The van der Waals surface area contributed by atoms with Crippen molar-refractivity contribution in [1.82, 2.24) is 5.32 Å². The molecule has 12 heavy (non-hydrogen) atoms. The Hall–Kier alpha value is -0.520. The topological polar surface area (TPSA) is 21.3 Å². The molecule has 0 aromatic carbocycles. The van der Waals surface area contributed by atoms with Crippen molar-refractivity contribution < 1.29 is 4.74 Å². The maximum Gasteiger partial charge on any atom is 0.0587 e. The molecule has 0 aromatic heterocycles. The summed E-state index contributed by atoms with van der Waals surface area (Å²) in [6.07, 6.45) is 6.05. The number of methoxy groups -OCH3 is 1. The van der Waals surface area contributed by atoms with E-state index in [1.165, 1.54) is 0 Å². The highest BCUT2D eigenvalue weighted by molar-refractivity contribution is 4.88. The first-order chi connectivity index (χ1) is 5.72. The molecule has 0 radical (unpaired) electrons. The monoisotopic (exact) mass is 169 g/mol. The fraction of sp³-hybridized carbons (Fsp3) is 0.800. The van der Waals surface area contributed by atoms with E-state index in [9.17, 15) is 0 Å². The number of ether oxygens (including phenoxy) is 1. The van der Waals surface area contributed by atoms with Gasteiger partial charge < -0.3 is 10.1 Å². The molecular weight excluding hydrogens is 150 g/mol. The fourth-order valence-corrected chi connectivity index (χ4v) is 0.953. The van der Waals surface area contributed by atoms with Crippen LogP contribution in [0.15, 0.2) is 0 Å². The van der Waals surface area contributed by atoms with Crippen LogP contribution in [0.2, 0.25) is 0 Å². The minimum Gasteiger partial charge on any atom is -0.383 e. The van der Waals surface area contributed by atoms with E-state index < -0.39 is 0 Å². The third-order valence-corrected chi connectivity index (χ3v) is 2.07. The van der Waals surface area contributed by atoms with E-state index in [-0.39, 0.29) is 0 Å². The van der Waals surface area contributed by atoms with Crippen LogP contribution < -0.4 is 5.32 Å². The van der Waals surface area contributed by atoms with Crippen LogP contribution in [0.4, 0.5) is 0 Å². The summed E-state index contributed by atoms with van der Waals surface area (Å²) in [6, 6.07) is 0.469. The van der Waals surface area contributed by atoms with Crippen molar-refractivity contribution >= 4 is 0 Å². The molecule has 0 aromatic rings. The van der Waals surface area contributed by atoms with Crippen molar-refractivity contribution in [1.29, 1.82) is 0 Å². The zero-order valence-electron chi connectivity index (χ0n) is 8.26. The maximum atomic E-state index is 5.22. The molecule has 0 fully saturated rings. The Balaban J connectivity index is 3.43. The third kappa shape index (κ3) is 5.17. The number of nitrogens with one attached hydrogen (secondary N) is 1. The first kappa shape index (κ1) is 11.5. The summed E-state index contributed by atoms with van der Waals surface area (Å²) in [5.41, 5.74) is 0. The van der Waals surface area contributed by atoms with Gasteiger partial charge in [0.15, 0.2) is 0 Å². The van der Waals surface area contributed by atoms with Crippen molar-refractivity contribution in [3.63, 3.8) is 0 Å². The normalized spacial score (nSPS) is 15.2. The summed E-state index contributed by atoms with van der Waals surface area (Å²) in [5.74, 6) is 3.20. The second-order valence-electron chi connectivity index (χ2n) is 3.12. The first-order valence-electron chi connectivity index (χ1n) is 4.38. The predicted octanol–water partition coefficient (Wildman–Crippen LogP) is 1.27. The first-order valence-corrected chi connectivity index (χ1v) is 4.38. The lowest BCUT2D eigenvalue weighted by molar-refractivity contribution is 0.193. The molecule has 0 spiro atoms. The van der Waals surface area contributed by atoms with Crippen molar-refractivity contribution in [3.8, 4) is 12.3 Å². The van der Waals surface area contributed by atoms with E-state index >= 15 is 0 Å². The summed E-state index contributed by atoms with van der Waals surface area (Å²) < 4.78 is 4.93. The molecule has 2 nitrogen and oxygen atoms in total. The summed E-state index contributed by atoms with van der Waals surface area (Å²) in [5, 5.41) is 3.35. The van der Waals surface area contributed by atoms with Crippen molar-refractivity contribution in [2.45, 2.75) is 26.3 Å². The standard InChI is InChI=1S/C10H19NO/c1-5-6-9(2)10(3)11-7-8-12-4/h1,9-11H,6-8H2,2-4H3. The molecule has 0 aliphatic carbocycles. The Labute approximate surface area is 75.7 Å². The Morgan fingerprint density at radius 3 is 2.67 bits per heavy atom. The second-order valence-corrected chi connectivity index (χ2v) is 3.12. The van der Waals surface area contributed by atoms with E-state index in [2.05, 4.69) is 25.1 Å². The molecule has 0 aliphatic rings. The molecule has 0 heterocycles. The Morgan fingerprint density at radius 2 is 2.17 bits per heavy atom. The zero-order chi connectivity index (χ0) is 9.40. The fourth-order valence-electron chi connectivity index (χ4n) is 0.953. The van der Waals surface area contributed by atoms with Gasteiger partial charge in [0.1, 0.15) is 0 Å². The van der Waals surface area contributed by atoms with Crippen LogP contribution in [-0.2, 0) is 4.74 Å². The van der Waals surface area contributed by atoms with Gasteiger partial charge >= 0.3 is 0 Å². The summed E-state index contributed by atoms with van der Waals surface area (Å²) >= 11 is 0. The molecule has 0 saturated heterocycles. The van der Waals surface area contributed by atoms with Crippen molar-refractivity contribution in [3.05, 3.63) is 0 Å².